The van der Waals surface area contributed by atoms with Gasteiger partial charge in [-0.2, -0.15) is 0 Å². The van der Waals surface area contributed by atoms with Crippen LogP contribution in [0.4, 0.5) is 4.79 Å². The van der Waals surface area contributed by atoms with Crippen molar-refractivity contribution in [3.8, 4) is 0 Å². The van der Waals surface area contributed by atoms with Crippen LogP contribution < -0.4 is 54.8 Å². The lowest BCUT2D eigenvalue weighted by Crippen LogP contribution is -2.63. The molecule has 4 aliphatic heterocycles. The average molecular weight is 1120 g/mol. The fourth-order valence-corrected chi connectivity index (χ4v) is 10.8. The van der Waals surface area contributed by atoms with E-state index in [4.69, 9.17) is 27.7 Å². The lowest BCUT2D eigenvalue weighted by atomic mass is 9.91. The molecular formula is C57H78N14O10. The molecule has 14 N–H and O–H groups in total. The van der Waals surface area contributed by atoms with Crippen molar-refractivity contribution in [1.82, 2.24) is 46.6 Å². The molecular weight excluding hydrogens is 1040 g/mol. The highest BCUT2D eigenvalue weighted by molar-refractivity contribution is 5.99. The number of fused-ring (bicyclic) bond motifs is 4. The summed E-state index contributed by atoms with van der Waals surface area (Å²) in [6.45, 7) is 5.32. The first kappa shape index (κ1) is 60.5. The van der Waals surface area contributed by atoms with Gasteiger partial charge in [0.1, 0.15) is 42.3 Å². The Bertz CT molecular complexity index is 2770. The largest absolute Gasteiger partial charge is 0.379 e. The van der Waals surface area contributed by atoms with Crippen molar-refractivity contribution < 1.29 is 47.9 Å². The number of ether oxygens (including phenoxy) is 1. The van der Waals surface area contributed by atoms with Gasteiger partial charge in [0.05, 0.1) is 19.6 Å². The van der Waals surface area contributed by atoms with E-state index in [9.17, 15) is 24.0 Å². The van der Waals surface area contributed by atoms with Crippen LogP contribution in [0.5, 0.6) is 0 Å². The number of nitrogens with two attached hydrogens (primary N) is 4. The van der Waals surface area contributed by atoms with Gasteiger partial charge in [0.15, 0.2) is 5.96 Å². The number of benzene rings is 3. The van der Waals surface area contributed by atoms with E-state index in [1.165, 1.54) is 9.80 Å². The Morgan fingerprint density at radius 2 is 1.30 bits per heavy atom. The molecule has 4 aliphatic rings. The molecule has 3 aromatic carbocycles. The second-order valence-corrected chi connectivity index (χ2v) is 21.2. The van der Waals surface area contributed by atoms with Crippen LogP contribution in [0, 0.1) is 0 Å². The van der Waals surface area contributed by atoms with Crippen molar-refractivity contribution in [1.29, 1.82) is 0 Å². The molecule has 0 unspecified atom stereocenters. The summed E-state index contributed by atoms with van der Waals surface area (Å²) in [6, 6.07) is 12.1. The van der Waals surface area contributed by atoms with Crippen LogP contribution in [-0.2, 0) is 82.0 Å². The zero-order valence-electron chi connectivity index (χ0n) is 46.0. The lowest BCUT2D eigenvalue weighted by Gasteiger charge is -2.39. The zero-order chi connectivity index (χ0) is 58.0. The standard InChI is InChI=1S/C57H78N14O10/c1-2-3-15-42(68-57(61)80)50(74)67-45-31-48(72)62-22-9-8-16-41(49(58)73)64-52(76)46-29-37-11-4-6-13-39(37)33-70(46)54(78)43(17-10-23-63-56(59)60)65-51(75)44(28-35-18-20-36(21-19-35)32-69-24-26-81-27-25-69)66-53(77)47-30-38-12-5-7-14-40(38)34-71(47)55(45)79/h4-7,11-14,18-21,41-47H,2-3,8-10,15-17,22-34H2,1H3,(H2,58,73)(H,62,72)(H,64,76)(H,65,75)(H,66,77)(H,67,74)(H4,59,60,63)(H3,61,68,80)/t41-,42-,43-,44+,45-,46-,47-/m0/s1. The normalized spacial score (nSPS) is 23.1. The molecule has 0 radical (unpaired) electrons. The van der Waals surface area contributed by atoms with Gasteiger partial charge in [-0.3, -0.25) is 48.2 Å². The summed E-state index contributed by atoms with van der Waals surface area (Å²) in [5.74, 6) is -5.99. The minimum atomic E-state index is -1.57. The van der Waals surface area contributed by atoms with E-state index in [1.807, 2.05) is 61.5 Å². The third-order valence-electron chi connectivity index (χ3n) is 15.2. The van der Waals surface area contributed by atoms with E-state index in [-0.39, 0.29) is 83.5 Å². The van der Waals surface area contributed by atoms with E-state index in [0.29, 0.717) is 50.1 Å². The monoisotopic (exact) mass is 1120 g/mol. The van der Waals surface area contributed by atoms with Gasteiger partial charge in [-0.05, 0) is 71.9 Å². The maximum Gasteiger partial charge on any atom is 0.312 e. The number of carbonyl (C=O) groups excluding carboxylic acids is 9. The number of nitrogens with zero attached hydrogens (tertiary/aromatic N) is 4. The number of urea groups is 1. The van der Waals surface area contributed by atoms with Crippen LogP contribution in [0.2, 0.25) is 0 Å². The Hall–Kier alpha value is -8.12. The quantitative estimate of drug-likeness (QED) is 0.0515. The first-order valence-corrected chi connectivity index (χ1v) is 28.0. The van der Waals surface area contributed by atoms with Crippen LogP contribution >= 0.6 is 0 Å². The first-order valence-electron chi connectivity index (χ1n) is 28.0. The highest BCUT2D eigenvalue weighted by atomic mass is 16.5. The topological polar surface area (TPSA) is 361 Å². The third-order valence-corrected chi connectivity index (χ3v) is 15.2. The summed E-state index contributed by atoms with van der Waals surface area (Å²) < 4.78 is 5.53. The molecule has 0 aliphatic carbocycles. The number of carbonyl (C=O) groups is 9. The molecule has 0 spiro atoms. The molecule has 436 valence electrons. The summed E-state index contributed by atoms with van der Waals surface area (Å²) in [5.41, 5.74) is 27.4. The molecule has 24 heteroatoms. The molecule has 0 bridgehead atoms. The molecule has 2 fully saturated rings. The third kappa shape index (κ3) is 17.2. The van der Waals surface area contributed by atoms with Gasteiger partial charge in [0, 0.05) is 65.1 Å². The smallest absolute Gasteiger partial charge is 0.312 e. The Labute approximate surface area is 471 Å². The Morgan fingerprint density at radius 1 is 0.704 bits per heavy atom. The first-order chi connectivity index (χ1) is 39.0. The number of rotatable bonds is 15. The van der Waals surface area contributed by atoms with Gasteiger partial charge in [0.25, 0.3) is 0 Å². The number of hydrogen-bond donors (Lipinski definition) is 10. The van der Waals surface area contributed by atoms with Crippen LogP contribution in [0.3, 0.4) is 0 Å². The number of nitrogens with one attached hydrogen (secondary N) is 6. The van der Waals surface area contributed by atoms with Crippen LogP contribution in [0.1, 0.15) is 98.1 Å². The molecule has 7 rings (SSSR count). The lowest BCUT2D eigenvalue weighted by molar-refractivity contribution is -0.147. The minimum absolute atomic E-state index is 0.00946. The number of unbranched alkanes of at least 4 members (excludes halogenated alkanes) is 1. The fourth-order valence-electron chi connectivity index (χ4n) is 10.8. The molecule has 81 heavy (non-hydrogen) atoms. The predicted octanol–water partition coefficient (Wildman–Crippen LogP) is -0.636. The van der Waals surface area contributed by atoms with Gasteiger partial charge < -0.3 is 69.4 Å². The van der Waals surface area contributed by atoms with Crippen molar-refractivity contribution >= 4 is 59.2 Å². The van der Waals surface area contributed by atoms with Crippen molar-refractivity contribution in [3.05, 3.63) is 106 Å². The van der Waals surface area contributed by atoms with Crippen molar-refractivity contribution in [2.45, 2.75) is 146 Å². The van der Waals surface area contributed by atoms with Gasteiger partial charge in [-0.1, -0.05) is 92.6 Å². The summed E-state index contributed by atoms with van der Waals surface area (Å²) in [5, 5.41) is 16.6. The van der Waals surface area contributed by atoms with Gasteiger partial charge in [-0.25, -0.2) is 4.79 Å². The number of guanidine groups is 1. The van der Waals surface area contributed by atoms with E-state index < -0.39 is 102 Å². The van der Waals surface area contributed by atoms with E-state index in [0.717, 1.165) is 35.3 Å². The van der Waals surface area contributed by atoms with E-state index in [2.05, 4.69) is 41.8 Å². The summed E-state index contributed by atoms with van der Waals surface area (Å²) in [7, 11) is 0. The Balaban J connectivity index is 1.29. The summed E-state index contributed by atoms with van der Waals surface area (Å²) in [6.07, 6.45) is 1.57. The second-order valence-electron chi connectivity index (χ2n) is 21.2. The molecule has 7 atom stereocenters. The maximum atomic E-state index is 15.3. The van der Waals surface area contributed by atoms with E-state index in [1.54, 1.807) is 18.2 Å². The predicted molar refractivity (Wildman–Crippen MR) is 300 cm³/mol. The number of primary amides is 2. The van der Waals surface area contributed by atoms with Gasteiger partial charge >= 0.3 is 6.03 Å². The number of aliphatic imine (C=N–C) groups is 1. The number of hydrogen-bond acceptors (Lipinski definition) is 12. The van der Waals surface area contributed by atoms with Crippen LogP contribution in [0.25, 0.3) is 0 Å². The zero-order valence-corrected chi connectivity index (χ0v) is 46.0. The molecule has 24 nitrogen and oxygen atoms in total. The number of amides is 10. The average Bonchev–Trinajstić information content (AvgIpc) is 3.51. The molecule has 0 aromatic heterocycles. The van der Waals surface area contributed by atoms with Crippen LogP contribution in [0.15, 0.2) is 77.8 Å². The molecule has 2 saturated heterocycles. The Kier molecular flexibility index (Phi) is 21.9. The molecule has 0 saturated carbocycles. The summed E-state index contributed by atoms with van der Waals surface area (Å²) >= 11 is 0. The highest BCUT2D eigenvalue weighted by Gasteiger charge is 2.43. The van der Waals surface area contributed by atoms with Crippen molar-refractivity contribution in [2.75, 3.05) is 39.4 Å². The minimum Gasteiger partial charge on any atom is -0.379 e. The maximum absolute atomic E-state index is 15.3. The molecule has 3 aromatic rings. The molecule has 4 heterocycles. The number of morpholine rings is 1. The Morgan fingerprint density at radius 3 is 1.90 bits per heavy atom. The highest BCUT2D eigenvalue weighted by Crippen LogP contribution is 2.28. The van der Waals surface area contributed by atoms with Crippen molar-refractivity contribution in [3.63, 3.8) is 0 Å². The van der Waals surface area contributed by atoms with E-state index >= 15 is 19.2 Å². The fraction of sp³-hybridized carbons (Fsp3) is 0.509. The SMILES string of the molecule is CCCC[C@H](NC(N)=O)C(=O)N[C@H]1CC(=O)NCCCC[C@@H](C(N)=O)NC(=O)[C@@H]2Cc3ccccc3CN2C(=O)[C@H](CCCN=C(N)N)NC(=O)[C@@H](Cc2ccc(CN3CCOCC3)cc2)NC(=O)[C@@H]2Cc3ccccc3CN2C1=O. The van der Waals surface area contributed by atoms with Gasteiger partial charge in [0.2, 0.25) is 47.3 Å². The second kappa shape index (κ2) is 29.4. The van der Waals surface area contributed by atoms with Gasteiger partial charge in [-0.15, -0.1) is 0 Å². The van der Waals surface area contributed by atoms with Crippen molar-refractivity contribution in [2.24, 2.45) is 27.9 Å². The molecule has 10 amide bonds. The summed E-state index contributed by atoms with van der Waals surface area (Å²) in [4.78, 5) is 138. The van der Waals surface area contributed by atoms with Crippen LogP contribution in [-0.4, -0.2) is 156 Å².